The van der Waals surface area contributed by atoms with Crippen LogP contribution in [-0.2, 0) is 22.4 Å². The van der Waals surface area contributed by atoms with E-state index in [2.05, 4.69) is 5.32 Å². The number of carbonyl (C=O) groups excluding carboxylic acids is 1. The fourth-order valence-corrected chi connectivity index (χ4v) is 3.20. The Morgan fingerprint density at radius 2 is 1.93 bits per heavy atom. The van der Waals surface area contributed by atoms with Crippen LogP contribution in [-0.4, -0.2) is 24.1 Å². The van der Waals surface area contributed by atoms with E-state index in [1.54, 1.807) is 24.3 Å². The van der Waals surface area contributed by atoms with E-state index in [1.807, 2.05) is 19.1 Å². The highest BCUT2D eigenvalue weighted by Crippen LogP contribution is 2.27. The molecule has 0 bridgehead atoms. The molecule has 2 rings (SSSR count). The smallest absolute Gasteiger partial charge is 0.306 e. The Labute approximate surface area is 168 Å². The molecule has 1 atom stereocenters. The number of nitrogens with one attached hydrogen (secondary N) is 1. The van der Waals surface area contributed by atoms with Crippen LogP contribution in [0.2, 0.25) is 10.0 Å². The second kappa shape index (κ2) is 9.62. The highest BCUT2D eigenvalue weighted by molar-refractivity contribution is 6.36. The van der Waals surface area contributed by atoms with E-state index in [0.29, 0.717) is 39.9 Å². The first-order valence-electron chi connectivity index (χ1n) is 8.47. The van der Waals surface area contributed by atoms with Crippen LogP contribution >= 0.6 is 23.2 Å². The Hall–Kier alpha value is -2.24. The van der Waals surface area contributed by atoms with E-state index in [-0.39, 0.29) is 12.3 Å². The summed E-state index contributed by atoms with van der Waals surface area (Å²) in [7, 11) is 1.53. The third kappa shape index (κ3) is 5.88. The van der Waals surface area contributed by atoms with Crippen LogP contribution in [0.25, 0.3) is 0 Å². The normalized spacial score (nSPS) is 11.7. The van der Waals surface area contributed by atoms with E-state index in [1.165, 1.54) is 7.11 Å². The lowest BCUT2D eigenvalue weighted by atomic mass is 9.95. The summed E-state index contributed by atoms with van der Waals surface area (Å²) in [4.78, 5) is 23.7. The van der Waals surface area contributed by atoms with Gasteiger partial charge in [0.15, 0.2) is 0 Å². The third-order valence-electron chi connectivity index (χ3n) is 4.23. The van der Waals surface area contributed by atoms with Crippen LogP contribution < -0.4 is 10.1 Å². The quantitative estimate of drug-likeness (QED) is 0.653. The molecule has 2 aromatic rings. The van der Waals surface area contributed by atoms with Gasteiger partial charge in [0.05, 0.1) is 30.2 Å². The van der Waals surface area contributed by atoms with Crippen molar-refractivity contribution in [1.29, 1.82) is 0 Å². The van der Waals surface area contributed by atoms with Crippen LogP contribution in [0.5, 0.6) is 5.75 Å². The fraction of sp³-hybridized carbons (Fsp3) is 0.300. The summed E-state index contributed by atoms with van der Waals surface area (Å²) in [6.07, 6.45) is 1.000. The van der Waals surface area contributed by atoms with Crippen LogP contribution in [0.1, 0.15) is 24.5 Å². The third-order valence-corrected chi connectivity index (χ3v) is 4.77. The molecule has 2 aromatic carbocycles. The zero-order valence-electron chi connectivity index (χ0n) is 15.1. The van der Waals surface area contributed by atoms with Gasteiger partial charge in [-0.15, -0.1) is 0 Å². The van der Waals surface area contributed by atoms with E-state index in [4.69, 9.17) is 27.9 Å². The molecule has 0 saturated heterocycles. The minimum Gasteiger partial charge on any atom is -0.496 e. The lowest BCUT2D eigenvalue weighted by molar-refractivity contribution is -0.141. The predicted molar refractivity (Wildman–Crippen MR) is 107 cm³/mol. The highest BCUT2D eigenvalue weighted by atomic mass is 35.5. The van der Waals surface area contributed by atoms with Crippen LogP contribution in [0.15, 0.2) is 36.4 Å². The van der Waals surface area contributed by atoms with Crippen molar-refractivity contribution in [2.24, 2.45) is 5.92 Å². The molecular weight excluding hydrogens is 389 g/mol. The molecule has 2 N–H and O–H groups in total. The molecule has 0 fully saturated rings. The first-order chi connectivity index (χ1) is 12.8. The maximum absolute atomic E-state index is 12.4. The van der Waals surface area contributed by atoms with E-state index in [0.717, 1.165) is 5.56 Å². The molecule has 0 aromatic heterocycles. The first-order valence-corrected chi connectivity index (χ1v) is 9.23. The molecule has 0 aliphatic carbocycles. The number of methoxy groups -OCH3 is 1. The summed E-state index contributed by atoms with van der Waals surface area (Å²) in [6, 6.07) is 10.2. The number of aliphatic carboxylic acids is 1. The van der Waals surface area contributed by atoms with Crippen molar-refractivity contribution < 1.29 is 19.4 Å². The Morgan fingerprint density at radius 1 is 1.19 bits per heavy atom. The number of anilines is 1. The van der Waals surface area contributed by atoms with Gasteiger partial charge >= 0.3 is 5.97 Å². The molecule has 0 aliphatic heterocycles. The fourth-order valence-electron chi connectivity index (χ4n) is 2.75. The number of ether oxygens (including phenoxy) is 1. The first kappa shape index (κ1) is 21.1. The maximum Gasteiger partial charge on any atom is 0.306 e. The SMILES string of the molecule is CCC(Cc1ccc(OC)c(CC(=O)Nc2ccc(Cl)cc2Cl)c1)C(=O)O. The zero-order chi connectivity index (χ0) is 20.0. The van der Waals surface area contributed by atoms with Crippen LogP contribution in [0, 0.1) is 5.92 Å². The molecule has 27 heavy (non-hydrogen) atoms. The summed E-state index contributed by atoms with van der Waals surface area (Å²) in [5, 5.41) is 12.8. The molecule has 0 saturated carbocycles. The largest absolute Gasteiger partial charge is 0.496 e. The zero-order valence-corrected chi connectivity index (χ0v) is 16.6. The van der Waals surface area contributed by atoms with Gasteiger partial charge in [-0.05, 0) is 42.7 Å². The second-order valence-corrected chi connectivity index (χ2v) is 6.99. The predicted octanol–water partition coefficient (Wildman–Crippen LogP) is 4.84. The molecule has 1 unspecified atom stereocenters. The summed E-state index contributed by atoms with van der Waals surface area (Å²) in [5.41, 5.74) is 1.99. The average Bonchev–Trinajstić information content (AvgIpc) is 2.62. The van der Waals surface area contributed by atoms with Gasteiger partial charge in [-0.2, -0.15) is 0 Å². The Kier molecular flexibility index (Phi) is 7.51. The molecule has 0 heterocycles. The molecule has 0 radical (unpaired) electrons. The maximum atomic E-state index is 12.4. The van der Waals surface area contributed by atoms with Crippen molar-refractivity contribution >= 4 is 40.8 Å². The van der Waals surface area contributed by atoms with E-state index in [9.17, 15) is 14.7 Å². The Balaban J connectivity index is 2.16. The average molecular weight is 410 g/mol. The number of hydrogen-bond acceptors (Lipinski definition) is 3. The van der Waals surface area contributed by atoms with Gasteiger partial charge in [0.25, 0.3) is 0 Å². The number of carboxylic acid groups (broad SMARTS) is 1. The summed E-state index contributed by atoms with van der Waals surface area (Å²) >= 11 is 11.9. The minimum atomic E-state index is -0.829. The van der Waals surface area contributed by atoms with Gasteiger partial charge in [-0.25, -0.2) is 0 Å². The molecule has 7 heteroatoms. The Morgan fingerprint density at radius 3 is 2.52 bits per heavy atom. The van der Waals surface area contributed by atoms with Gasteiger partial charge in [-0.3, -0.25) is 9.59 Å². The molecule has 5 nitrogen and oxygen atoms in total. The van der Waals surface area contributed by atoms with Gasteiger partial charge in [0, 0.05) is 10.6 Å². The standard InChI is InChI=1S/C20H21Cl2NO4/c1-3-13(20(25)26)8-12-4-7-18(27-2)14(9-12)10-19(24)23-17-6-5-15(21)11-16(17)22/h4-7,9,11,13H,3,8,10H2,1-2H3,(H,23,24)(H,25,26). The lowest BCUT2D eigenvalue weighted by Crippen LogP contribution is -2.17. The molecule has 1 amide bonds. The number of carboxylic acids is 1. The van der Waals surface area contributed by atoms with Crippen molar-refractivity contribution in [2.75, 3.05) is 12.4 Å². The van der Waals surface area contributed by atoms with Gasteiger partial charge in [0.1, 0.15) is 5.75 Å². The summed E-state index contributed by atoms with van der Waals surface area (Å²) < 4.78 is 5.33. The van der Waals surface area contributed by atoms with Crippen molar-refractivity contribution in [2.45, 2.75) is 26.2 Å². The highest BCUT2D eigenvalue weighted by Gasteiger charge is 2.17. The van der Waals surface area contributed by atoms with Crippen molar-refractivity contribution in [3.8, 4) is 5.75 Å². The number of hydrogen-bond donors (Lipinski definition) is 2. The summed E-state index contributed by atoms with van der Waals surface area (Å²) in [5.74, 6) is -0.989. The van der Waals surface area contributed by atoms with Gasteiger partial charge < -0.3 is 15.2 Å². The molecule has 0 aliphatic rings. The van der Waals surface area contributed by atoms with Gasteiger partial charge in [-0.1, -0.05) is 42.3 Å². The van der Waals surface area contributed by atoms with Crippen molar-refractivity contribution in [3.63, 3.8) is 0 Å². The minimum absolute atomic E-state index is 0.0693. The van der Waals surface area contributed by atoms with Crippen molar-refractivity contribution in [1.82, 2.24) is 0 Å². The number of rotatable bonds is 8. The molecular formula is C20H21Cl2NO4. The van der Waals surface area contributed by atoms with E-state index >= 15 is 0 Å². The molecule has 0 spiro atoms. The number of halogens is 2. The van der Waals surface area contributed by atoms with Crippen LogP contribution in [0.4, 0.5) is 5.69 Å². The monoisotopic (exact) mass is 409 g/mol. The number of amides is 1. The summed E-state index contributed by atoms with van der Waals surface area (Å²) in [6.45, 7) is 1.84. The molecule has 144 valence electrons. The lowest BCUT2D eigenvalue weighted by Gasteiger charge is -2.14. The second-order valence-electron chi connectivity index (χ2n) is 6.14. The topological polar surface area (TPSA) is 75.6 Å². The number of carbonyl (C=O) groups is 2. The van der Waals surface area contributed by atoms with Crippen LogP contribution in [0.3, 0.4) is 0 Å². The Bertz CT molecular complexity index is 839. The van der Waals surface area contributed by atoms with E-state index < -0.39 is 11.9 Å². The van der Waals surface area contributed by atoms with Crippen molar-refractivity contribution in [3.05, 3.63) is 57.6 Å². The van der Waals surface area contributed by atoms with Gasteiger partial charge in [0.2, 0.25) is 5.91 Å². The number of benzene rings is 2.